The van der Waals surface area contributed by atoms with Gasteiger partial charge in [-0.3, -0.25) is 9.13 Å². The van der Waals surface area contributed by atoms with E-state index in [2.05, 4.69) is 25.9 Å². The smallest absolute Gasteiger partial charge is 0.326 e. The molecule has 13 heteroatoms. The molecule has 186 valence electrons. The van der Waals surface area contributed by atoms with Crippen molar-refractivity contribution < 1.29 is 9.47 Å². The number of nitrogens with zero attached hydrogens (tertiary/aromatic N) is 4. The van der Waals surface area contributed by atoms with Gasteiger partial charge in [0.15, 0.2) is 23.0 Å². The van der Waals surface area contributed by atoms with Gasteiger partial charge in [0.25, 0.3) is 0 Å². The van der Waals surface area contributed by atoms with Crippen molar-refractivity contribution in [3.8, 4) is 23.0 Å². The average molecular weight is 602 g/mol. The number of benzene rings is 3. The van der Waals surface area contributed by atoms with E-state index in [4.69, 9.17) is 42.7 Å². The van der Waals surface area contributed by atoms with Crippen LogP contribution >= 0.6 is 39.1 Å². The minimum absolute atomic E-state index is 0.170. The molecule has 0 amide bonds. The van der Waals surface area contributed by atoms with E-state index in [0.29, 0.717) is 62.5 Å². The Morgan fingerprint density at radius 1 is 0.838 bits per heavy atom. The maximum absolute atomic E-state index is 12.4. The fraction of sp³-hybridized carbons (Fsp3) is 0.167. The first-order valence-corrected chi connectivity index (χ1v) is 12.9. The van der Waals surface area contributed by atoms with Crippen molar-refractivity contribution in [2.75, 3.05) is 0 Å². The molecule has 0 radical (unpaired) electrons. The van der Waals surface area contributed by atoms with E-state index >= 15 is 0 Å². The van der Waals surface area contributed by atoms with Crippen molar-refractivity contribution in [1.82, 2.24) is 19.1 Å². The highest BCUT2D eigenvalue weighted by molar-refractivity contribution is 9.10. The number of nitrogens with one attached hydrogen (secondary N) is 2. The number of imidazole rings is 2. The second-order valence-corrected chi connectivity index (χ2v) is 10.1. The van der Waals surface area contributed by atoms with E-state index < -0.39 is 0 Å². The van der Waals surface area contributed by atoms with Gasteiger partial charge in [0.1, 0.15) is 32.1 Å². The van der Waals surface area contributed by atoms with Crippen molar-refractivity contribution in [2.24, 2.45) is 9.98 Å². The lowest BCUT2D eigenvalue weighted by molar-refractivity contribution is 0.450. The lowest BCUT2D eigenvalue weighted by Gasteiger charge is -2.21. The van der Waals surface area contributed by atoms with Gasteiger partial charge in [0.2, 0.25) is 0 Å². The second kappa shape index (κ2) is 7.73. The third-order valence-corrected chi connectivity index (χ3v) is 7.98. The molecule has 0 aliphatic carbocycles. The van der Waals surface area contributed by atoms with Crippen LogP contribution < -0.4 is 31.6 Å². The summed E-state index contributed by atoms with van der Waals surface area (Å²) < 4.78 is 16.2. The van der Waals surface area contributed by atoms with E-state index in [0.717, 1.165) is 0 Å². The van der Waals surface area contributed by atoms with Crippen LogP contribution in [0.2, 0.25) is 10.0 Å². The summed E-state index contributed by atoms with van der Waals surface area (Å²) in [4.78, 5) is 39.8. The van der Waals surface area contributed by atoms with E-state index in [1.807, 2.05) is 13.8 Å². The standard InChI is InChI=1S/C24H15BrCl2N6O4/c1-3-32-12-7-13-9(5-8(12)30-23(32)34)28-17-16(27)22-18(15(26)21(17)36-13)29-11-6-10-19(14(25)20(11)37-22)33(4-2)24(35)31-10/h5-7H,3-4H2,1-2H3,(H,30,34)(H,31,35). The quantitative estimate of drug-likeness (QED) is 0.283. The minimum atomic E-state index is -0.237. The summed E-state index contributed by atoms with van der Waals surface area (Å²) in [6.45, 7) is 4.73. The van der Waals surface area contributed by atoms with Gasteiger partial charge in [-0.05, 0) is 41.9 Å². The number of fused-ring (bicyclic) bond motifs is 6. The molecule has 2 aromatic heterocycles. The highest BCUT2D eigenvalue weighted by atomic mass is 79.9. The molecule has 0 atom stereocenters. The fourth-order valence-corrected chi connectivity index (χ4v) is 6.08. The van der Waals surface area contributed by atoms with Crippen molar-refractivity contribution in [3.63, 3.8) is 0 Å². The molecule has 0 unspecified atom stereocenters. The van der Waals surface area contributed by atoms with Crippen LogP contribution in [0.15, 0.2) is 42.2 Å². The van der Waals surface area contributed by atoms with Crippen LogP contribution in [0, 0.1) is 0 Å². The Morgan fingerprint density at radius 2 is 1.43 bits per heavy atom. The topological polar surface area (TPSA) is 119 Å². The van der Waals surface area contributed by atoms with Crippen molar-refractivity contribution in [2.45, 2.75) is 26.9 Å². The van der Waals surface area contributed by atoms with Crippen LogP contribution in [0.1, 0.15) is 13.8 Å². The molecule has 0 fully saturated rings. The molecule has 2 aliphatic rings. The largest absolute Gasteiger partial charge is 0.451 e. The predicted molar refractivity (Wildman–Crippen MR) is 142 cm³/mol. The number of hydrogen-bond acceptors (Lipinski definition) is 6. The van der Waals surface area contributed by atoms with E-state index in [1.165, 1.54) is 0 Å². The van der Waals surface area contributed by atoms with Gasteiger partial charge in [-0.15, -0.1) is 0 Å². The number of rotatable bonds is 2. The molecule has 0 saturated heterocycles. The number of hydrogen-bond donors (Lipinski definition) is 2. The number of aryl methyl sites for hydroxylation is 2. The molecule has 5 aromatic rings. The monoisotopic (exact) mass is 600 g/mol. The third-order valence-electron chi connectivity index (χ3n) is 6.55. The minimum Gasteiger partial charge on any atom is -0.451 e. The number of halogens is 3. The fourth-order valence-electron chi connectivity index (χ4n) is 4.85. The first-order chi connectivity index (χ1) is 17.8. The number of H-pyrrole nitrogens is 2. The molecule has 0 spiro atoms. The SMILES string of the molecule is CCn1c(=O)[nH]c2cc3c(cc21)Oc1c(Cl)c2c(c(Cl)c1=N3)Oc1c(cc3[nH]c(=O)n(CC)c3c1Br)N=2. The van der Waals surface area contributed by atoms with E-state index in [-0.39, 0.29) is 43.6 Å². The van der Waals surface area contributed by atoms with Crippen LogP contribution in [0.4, 0.5) is 11.4 Å². The van der Waals surface area contributed by atoms with E-state index in [9.17, 15) is 9.59 Å². The summed E-state index contributed by atoms with van der Waals surface area (Å²) in [6.07, 6.45) is 0. The normalized spacial score (nSPS) is 13.2. The number of ether oxygens (including phenoxy) is 2. The highest BCUT2D eigenvalue weighted by Crippen LogP contribution is 2.47. The molecule has 0 saturated carbocycles. The summed E-state index contributed by atoms with van der Waals surface area (Å²) in [5, 5.41) is 0.918. The zero-order valence-corrected chi connectivity index (χ0v) is 22.3. The van der Waals surface area contributed by atoms with Crippen LogP contribution in [0.5, 0.6) is 23.0 Å². The van der Waals surface area contributed by atoms with Crippen LogP contribution in [-0.2, 0) is 13.1 Å². The lowest BCUT2D eigenvalue weighted by atomic mass is 10.2. The van der Waals surface area contributed by atoms with Gasteiger partial charge >= 0.3 is 11.4 Å². The maximum atomic E-state index is 12.4. The molecule has 3 aromatic carbocycles. The predicted octanol–water partition coefficient (Wildman–Crippen LogP) is 5.20. The molecule has 0 bridgehead atoms. The zero-order valence-electron chi connectivity index (χ0n) is 19.2. The summed E-state index contributed by atoms with van der Waals surface area (Å²) in [5.74, 6) is 1.29. The Kier molecular flexibility index (Phi) is 4.73. The molecule has 10 nitrogen and oxygen atoms in total. The Balaban J connectivity index is 1.48. The molecule has 7 rings (SSSR count). The van der Waals surface area contributed by atoms with Crippen LogP contribution in [0.3, 0.4) is 0 Å². The van der Waals surface area contributed by atoms with Crippen molar-refractivity contribution in [1.29, 1.82) is 0 Å². The summed E-state index contributed by atoms with van der Waals surface area (Å²) in [7, 11) is 0. The summed E-state index contributed by atoms with van der Waals surface area (Å²) >= 11 is 17.2. The molecule has 4 heterocycles. The first kappa shape index (κ1) is 22.6. The van der Waals surface area contributed by atoms with Crippen LogP contribution in [-0.4, -0.2) is 19.1 Å². The number of aromatic nitrogens is 4. The Bertz CT molecular complexity index is 2110. The van der Waals surface area contributed by atoms with E-state index in [1.54, 1.807) is 27.3 Å². The molecule has 2 N–H and O–H groups in total. The molecule has 37 heavy (non-hydrogen) atoms. The number of aromatic amines is 2. The van der Waals surface area contributed by atoms with Gasteiger partial charge in [-0.1, -0.05) is 23.2 Å². The lowest BCUT2D eigenvalue weighted by Crippen LogP contribution is -2.22. The molecular weight excluding hydrogens is 587 g/mol. The first-order valence-electron chi connectivity index (χ1n) is 11.4. The van der Waals surface area contributed by atoms with Crippen molar-refractivity contribution in [3.05, 3.63) is 64.4 Å². The average Bonchev–Trinajstić information content (AvgIpc) is 3.38. The summed E-state index contributed by atoms with van der Waals surface area (Å²) in [5.41, 5.74) is 3.07. The highest BCUT2D eigenvalue weighted by Gasteiger charge is 2.29. The van der Waals surface area contributed by atoms with Gasteiger partial charge in [-0.25, -0.2) is 19.6 Å². The zero-order chi connectivity index (χ0) is 25.7. The Morgan fingerprint density at radius 3 is 2.14 bits per heavy atom. The Labute approximate surface area is 224 Å². The van der Waals surface area contributed by atoms with Gasteiger partial charge in [0, 0.05) is 19.2 Å². The van der Waals surface area contributed by atoms with Crippen molar-refractivity contribution >= 4 is 72.6 Å². The maximum Gasteiger partial charge on any atom is 0.326 e. The molecule has 2 aliphatic heterocycles. The summed E-state index contributed by atoms with van der Waals surface area (Å²) in [6, 6.07) is 5.20. The third kappa shape index (κ3) is 2.98. The van der Waals surface area contributed by atoms with Gasteiger partial charge < -0.3 is 19.4 Å². The molecular formula is C24H15BrCl2N6O4. The Hall–Kier alpha value is -3.54. The van der Waals surface area contributed by atoms with Gasteiger partial charge in [0.05, 0.1) is 26.5 Å². The van der Waals surface area contributed by atoms with Crippen LogP contribution in [0.25, 0.3) is 22.1 Å². The second-order valence-electron chi connectivity index (χ2n) is 8.53. The van der Waals surface area contributed by atoms with Gasteiger partial charge in [-0.2, -0.15) is 0 Å².